The summed E-state index contributed by atoms with van der Waals surface area (Å²) in [6, 6.07) is 0. The summed E-state index contributed by atoms with van der Waals surface area (Å²) in [5.74, 6) is 0. The third-order valence-corrected chi connectivity index (χ3v) is 0. The molecule has 0 amide bonds. The molecule has 0 aliphatic heterocycles. The van der Waals surface area contributed by atoms with Crippen LogP contribution in [0.15, 0.2) is 0 Å². The van der Waals surface area contributed by atoms with E-state index in [1.165, 1.54) is 0 Å². The summed E-state index contributed by atoms with van der Waals surface area (Å²) in [7, 11) is 1.72. The van der Waals surface area contributed by atoms with E-state index in [0.717, 1.165) is 0 Å². The van der Waals surface area contributed by atoms with Crippen molar-refractivity contribution in [1.29, 1.82) is 0 Å². The van der Waals surface area contributed by atoms with Gasteiger partial charge in [-0.1, -0.05) is 0 Å². The van der Waals surface area contributed by atoms with Crippen LogP contribution < -0.4 is 18.8 Å². The van der Waals surface area contributed by atoms with Gasteiger partial charge in [-0.2, -0.15) is 0 Å². The Morgan fingerprint density at radius 2 is 0.714 bits per heavy atom. The molecule has 40 valence electrons. The van der Waals surface area contributed by atoms with Gasteiger partial charge in [0.2, 0.25) is 0 Å². The van der Waals surface area contributed by atoms with Crippen molar-refractivity contribution in [2.45, 2.75) is 0 Å². The quantitative estimate of drug-likeness (QED) is 0.244. The largest absolute Gasteiger partial charge is 2.00 e. The predicted molar refractivity (Wildman–Crippen MR) is 12.2 cm³/mol. The van der Waals surface area contributed by atoms with E-state index in [1.54, 1.807) is 10.1 Å². The zero-order valence-electron chi connectivity index (χ0n) is 3.13. The summed E-state index contributed by atoms with van der Waals surface area (Å²) < 4.78 is 8.06. The molecule has 0 atom stereocenters. The third-order valence-electron chi connectivity index (χ3n) is 0. The van der Waals surface area contributed by atoms with E-state index in [0.29, 0.717) is 0 Å². The van der Waals surface area contributed by atoms with Gasteiger partial charge in [0, 0.05) is 0 Å². The molecule has 0 aromatic heterocycles. The van der Waals surface area contributed by atoms with Crippen LogP contribution in [0.5, 0.6) is 0 Å². The Labute approximate surface area is 57.0 Å². The third kappa shape index (κ3) is 521. The van der Waals surface area contributed by atoms with E-state index in [-0.39, 0.29) is 41.9 Å². The van der Waals surface area contributed by atoms with Gasteiger partial charge in [0.25, 0.3) is 0 Å². The second-order valence-corrected chi connectivity index (χ2v) is 0. The Morgan fingerprint density at radius 3 is 0.714 bits per heavy atom. The van der Waals surface area contributed by atoms with Gasteiger partial charge in [-0.15, -0.1) is 0 Å². The van der Waals surface area contributed by atoms with Gasteiger partial charge in [0.1, 0.15) is 0 Å². The standard InChI is InChI=1S/4FH.Mg.OSi/c;;;;;1-2/h4*1H;;/q;;;;2*+2/p-4. The van der Waals surface area contributed by atoms with Crippen molar-refractivity contribution in [2.24, 2.45) is 0 Å². The van der Waals surface area contributed by atoms with Gasteiger partial charge in [-0.25, -0.2) is 0 Å². The molecule has 0 saturated heterocycles. The number of halogens is 4. The molecule has 0 fully saturated rings. The molecule has 0 spiro atoms. The predicted octanol–water partition coefficient (Wildman–Crippen LogP) is -12.9. The topological polar surface area (TPSA) is 17.1 Å². The maximum Gasteiger partial charge on any atom is 2.00 e. The minimum Gasteiger partial charge on any atom is -1.00 e. The molecule has 0 heterocycles. The average molecular weight is 144 g/mol. The van der Waals surface area contributed by atoms with Crippen molar-refractivity contribution in [3.8, 4) is 0 Å². The average Bonchev–Trinajstić information content (AvgIpc) is 1.00. The Balaban J connectivity index is -0.000000000500. The first-order valence-electron chi connectivity index (χ1n) is 0.204. The van der Waals surface area contributed by atoms with Crippen LogP contribution in [0, 0.1) is 0 Å². The van der Waals surface area contributed by atoms with Crippen LogP contribution >= 0.6 is 0 Å². The molecule has 7 heteroatoms. The fourth-order valence-corrected chi connectivity index (χ4v) is 0. The molecule has 7 heavy (non-hydrogen) atoms. The second kappa shape index (κ2) is 778. The SMILES string of the molecule is O=[Si+2].[F-].[F-].[F-].[F-].[Mg+2]. The molecule has 0 aliphatic rings. The first kappa shape index (κ1) is 140. The minimum absolute atomic E-state index is 0. The van der Waals surface area contributed by atoms with Crippen molar-refractivity contribution in [2.75, 3.05) is 0 Å². The van der Waals surface area contributed by atoms with Gasteiger partial charge in [-0.05, 0) is 0 Å². The van der Waals surface area contributed by atoms with Crippen LogP contribution in [0.3, 0.4) is 0 Å². The molecular weight excluding hydrogens is 144 g/mol. The molecule has 0 bridgehead atoms. The van der Waals surface area contributed by atoms with E-state index in [4.69, 9.17) is 4.46 Å². The molecule has 0 unspecified atom stereocenters. The molecule has 0 rings (SSSR count). The zero-order valence-corrected chi connectivity index (χ0v) is 5.54. The molecule has 0 aromatic rings. The van der Waals surface area contributed by atoms with E-state index in [2.05, 4.69) is 0 Å². The van der Waals surface area contributed by atoms with E-state index in [1.807, 2.05) is 0 Å². The monoisotopic (exact) mass is 144 g/mol. The van der Waals surface area contributed by atoms with Gasteiger partial charge in [0.15, 0.2) is 0 Å². The summed E-state index contributed by atoms with van der Waals surface area (Å²) in [6.07, 6.45) is 0. The van der Waals surface area contributed by atoms with Crippen LogP contribution in [0.4, 0.5) is 0 Å². The summed E-state index contributed by atoms with van der Waals surface area (Å²) in [4.78, 5) is 0. The fraction of sp³-hybridized carbons (Fsp3) is 0. The van der Waals surface area contributed by atoms with Crippen LogP contribution in [-0.2, 0) is 4.46 Å². The molecule has 0 aromatic carbocycles. The van der Waals surface area contributed by atoms with Crippen LogP contribution in [0.2, 0.25) is 0 Å². The van der Waals surface area contributed by atoms with Crippen molar-refractivity contribution in [1.82, 2.24) is 0 Å². The zero-order chi connectivity index (χ0) is 2.00. The summed E-state index contributed by atoms with van der Waals surface area (Å²) in [5, 5.41) is 0. The number of hydrogen-bond acceptors (Lipinski definition) is 1. The normalized spacial score (nSPS) is 0.857. The Hall–Kier alpha value is 0.503. The first-order chi connectivity index (χ1) is 1.00. The first-order valence-corrected chi connectivity index (χ1v) is 0.612. The Bertz CT molecular complexity index is 11.7. The van der Waals surface area contributed by atoms with Gasteiger partial charge < -0.3 is 18.8 Å². The van der Waals surface area contributed by atoms with Crippen molar-refractivity contribution < 1.29 is 23.3 Å². The molecule has 0 radical (unpaired) electrons. The van der Waals surface area contributed by atoms with Gasteiger partial charge in [-0.3, -0.25) is 0 Å². The van der Waals surface area contributed by atoms with Gasteiger partial charge in [0.05, 0.1) is 0 Å². The maximum absolute atomic E-state index is 8.06. The van der Waals surface area contributed by atoms with E-state index in [9.17, 15) is 0 Å². The summed E-state index contributed by atoms with van der Waals surface area (Å²) in [6.45, 7) is 0. The second-order valence-electron chi connectivity index (χ2n) is 0. The smallest absolute Gasteiger partial charge is 1.00 e. The Kier molecular flexibility index (Phi) is 15600. The summed E-state index contributed by atoms with van der Waals surface area (Å²) in [5.41, 5.74) is 0. The summed E-state index contributed by atoms with van der Waals surface area (Å²) >= 11 is 0. The molecular formula is F4MgOSi. The van der Waals surface area contributed by atoms with Crippen molar-refractivity contribution in [3.05, 3.63) is 0 Å². The van der Waals surface area contributed by atoms with Crippen LogP contribution in [0.25, 0.3) is 0 Å². The number of hydrogen-bond donors (Lipinski definition) is 0. The van der Waals surface area contributed by atoms with E-state index >= 15 is 0 Å². The van der Waals surface area contributed by atoms with Gasteiger partial charge >= 0.3 is 37.6 Å². The number of rotatable bonds is 0. The molecule has 1 nitrogen and oxygen atoms in total. The van der Waals surface area contributed by atoms with Crippen molar-refractivity contribution in [3.63, 3.8) is 0 Å². The van der Waals surface area contributed by atoms with E-state index < -0.39 is 0 Å². The fourth-order valence-electron chi connectivity index (χ4n) is 0. The molecule has 0 aliphatic carbocycles. The van der Waals surface area contributed by atoms with Crippen LogP contribution in [0.1, 0.15) is 0 Å². The van der Waals surface area contributed by atoms with Crippen LogP contribution in [-0.4, -0.2) is 33.2 Å². The van der Waals surface area contributed by atoms with Crippen molar-refractivity contribution >= 4 is 33.2 Å². The molecule has 0 N–H and O–H groups in total. The maximum atomic E-state index is 8.06. The minimum atomic E-state index is 0. The molecule has 0 saturated carbocycles. The Morgan fingerprint density at radius 1 is 0.714 bits per heavy atom.